The van der Waals surface area contributed by atoms with Crippen LogP contribution in [0.5, 0.6) is 5.75 Å². The Morgan fingerprint density at radius 3 is 2.36 bits per heavy atom. The Kier molecular flexibility index (Phi) is 9.63. The molecule has 2 aromatic carbocycles. The van der Waals surface area contributed by atoms with E-state index in [1.54, 1.807) is 55.6 Å². The molecule has 0 atom stereocenters. The molecule has 2 amide bonds. The van der Waals surface area contributed by atoms with Gasteiger partial charge in [0.1, 0.15) is 5.75 Å². The number of anilines is 1. The number of methoxy groups -OCH3 is 1. The minimum atomic E-state index is -0.400. The molecule has 2 heterocycles. The van der Waals surface area contributed by atoms with Crippen molar-refractivity contribution in [2.45, 2.75) is 51.4 Å². The molecular formula is C28H35N7O4. The molecule has 11 heteroatoms. The lowest BCUT2D eigenvalue weighted by Gasteiger charge is -2.08. The first-order chi connectivity index (χ1) is 19.0. The van der Waals surface area contributed by atoms with Crippen molar-refractivity contribution in [2.24, 2.45) is 5.73 Å². The van der Waals surface area contributed by atoms with E-state index in [1.165, 1.54) is 9.08 Å². The fraction of sp³-hybridized carbons (Fsp3) is 0.393. The lowest BCUT2D eigenvalue weighted by molar-refractivity contribution is -0.124. The number of hydrogen-bond donors (Lipinski definition) is 3. The average molecular weight is 534 g/mol. The summed E-state index contributed by atoms with van der Waals surface area (Å²) < 4.78 is 7.88. The summed E-state index contributed by atoms with van der Waals surface area (Å²) in [5, 5.41) is 10.1. The second-order valence-electron chi connectivity index (χ2n) is 9.31. The predicted molar refractivity (Wildman–Crippen MR) is 150 cm³/mol. The van der Waals surface area contributed by atoms with Crippen molar-refractivity contribution in [3.05, 3.63) is 59.0 Å². The van der Waals surface area contributed by atoms with Crippen LogP contribution >= 0.6 is 0 Å². The number of unbranched alkanes of at least 4 members (excludes halogenated alkanes) is 5. The molecule has 2 aromatic heterocycles. The van der Waals surface area contributed by atoms with Gasteiger partial charge in [0.05, 0.1) is 23.8 Å². The molecular weight excluding hydrogens is 498 g/mol. The van der Waals surface area contributed by atoms with Crippen molar-refractivity contribution < 1.29 is 14.3 Å². The first-order valence-electron chi connectivity index (χ1n) is 13.3. The number of nitrogens with zero attached hydrogens (tertiary/aromatic N) is 4. The number of rotatable bonds is 14. The van der Waals surface area contributed by atoms with E-state index in [1.807, 2.05) is 0 Å². The van der Waals surface area contributed by atoms with Gasteiger partial charge in [-0.1, -0.05) is 37.8 Å². The zero-order chi connectivity index (χ0) is 27.6. The fourth-order valence-electron chi connectivity index (χ4n) is 4.35. The molecule has 0 aliphatic heterocycles. The third kappa shape index (κ3) is 6.99. The molecule has 0 saturated carbocycles. The molecule has 4 rings (SSSR count). The van der Waals surface area contributed by atoms with Crippen LogP contribution in [0.3, 0.4) is 0 Å². The van der Waals surface area contributed by atoms with Crippen LogP contribution in [0.25, 0.3) is 22.4 Å². The number of benzene rings is 2. The number of ether oxygens (including phenoxy) is 1. The van der Waals surface area contributed by atoms with Crippen molar-refractivity contribution in [1.29, 1.82) is 0 Å². The second-order valence-corrected chi connectivity index (χ2v) is 9.31. The lowest BCUT2D eigenvalue weighted by Crippen LogP contribution is -2.26. The Bertz CT molecular complexity index is 1480. The molecule has 0 saturated heterocycles. The van der Waals surface area contributed by atoms with E-state index < -0.39 is 5.69 Å². The van der Waals surface area contributed by atoms with Gasteiger partial charge in [0.25, 0.3) is 0 Å². The Morgan fingerprint density at radius 1 is 0.923 bits per heavy atom. The summed E-state index contributed by atoms with van der Waals surface area (Å²) >= 11 is 0. The highest BCUT2D eigenvalue weighted by molar-refractivity contribution is 5.96. The van der Waals surface area contributed by atoms with E-state index in [-0.39, 0.29) is 36.1 Å². The third-order valence-electron chi connectivity index (χ3n) is 6.45. The summed E-state index contributed by atoms with van der Waals surface area (Å²) in [7, 11) is 1.57. The van der Waals surface area contributed by atoms with Gasteiger partial charge < -0.3 is 21.1 Å². The molecule has 0 spiro atoms. The molecule has 4 N–H and O–H groups in total. The summed E-state index contributed by atoms with van der Waals surface area (Å²) in [6.45, 7) is 1.33. The number of aromatic nitrogens is 4. The summed E-state index contributed by atoms with van der Waals surface area (Å²) in [5.74, 6) is 0.238. The van der Waals surface area contributed by atoms with E-state index in [2.05, 4.69) is 20.7 Å². The number of para-hydroxylation sites is 2. The molecule has 11 nitrogen and oxygen atoms in total. The highest BCUT2D eigenvalue weighted by Crippen LogP contribution is 2.21. The number of nitrogens with one attached hydrogen (secondary N) is 2. The molecule has 0 radical (unpaired) electrons. The summed E-state index contributed by atoms with van der Waals surface area (Å²) in [6, 6.07) is 14.1. The van der Waals surface area contributed by atoms with Gasteiger partial charge in [-0.15, -0.1) is 5.10 Å². The number of nitrogens with two attached hydrogens (primary N) is 1. The molecule has 0 bridgehead atoms. The summed E-state index contributed by atoms with van der Waals surface area (Å²) in [4.78, 5) is 42.9. The van der Waals surface area contributed by atoms with Crippen molar-refractivity contribution in [1.82, 2.24) is 24.5 Å². The first kappa shape index (κ1) is 27.8. The highest BCUT2D eigenvalue weighted by Gasteiger charge is 2.19. The molecule has 0 fully saturated rings. The van der Waals surface area contributed by atoms with Gasteiger partial charge >= 0.3 is 5.69 Å². The van der Waals surface area contributed by atoms with Crippen LogP contribution in [0, 0.1) is 0 Å². The minimum absolute atomic E-state index is 0.0188. The fourth-order valence-corrected chi connectivity index (χ4v) is 4.35. The quantitative estimate of drug-likeness (QED) is 0.211. The van der Waals surface area contributed by atoms with Crippen molar-refractivity contribution >= 4 is 34.3 Å². The lowest BCUT2D eigenvalue weighted by atomic mass is 10.1. The van der Waals surface area contributed by atoms with Crippen LogP contribution in [-0.4, -0.2) is 51.2 Å². The van der Waals surface area contributed by atoms with E-state index in [4.69, 9.17) is 10.5 Å². The van der Waals surface area contributed by atoms with Gasteiger partial charge in [-0.05, 0) is 55.8 Å². The number of carbonyl (C=O) groups excluding carboxylic acids is 2. The largest absolute Gasteiger partial charge is 0.497 e. The number of amides is 2. The van der Waals surface area contributed by atoms with Crippen LogP contribution in [0.15, 0.2) is 53.3 Å². The first-order valence-corrected chi connectivity index (χ1v) is 13.3. The van der Waals surface area contributed by atoms with Gasteiger partial charge in [-0.2, -0.15) is 4.68 Å². The normalized spacial score (nSPS) is 11.1. The maximum Gasteiger partial charge on any atom is 0.355 e. The van der Waals surface area contributed by atoms with E-state index in [9.17, 15) is 14.4 Å². The molecule has 4 aromatic rings. The maximum absolute atomic E-state index is 13.4. The number of hydrogen-bond acceptors (Lipinski definition) is 7. The van der Waals surface area contributed by atoms with Crippen molar-refractivity contribution in [2.75, 3.05) is 25.5 Å². The monoisotopic (exact) mass is 533 g/mol. The zero-order valence-corrected chi connectivity index (χ0v) is 22.2. The molecule has 39 heavy (non-hydrogen) atoms. The Labute approximate surface area is 226 Å². The predicted octanol–water partition coefficient (Wildman–Crippen LogP) is 3.18. The van der Waals surface area contributed by atoms with Gasteiger partial charge in [0.2, 0.25) is 17.5 Å². The smallest absolute Gasteiger partial charge is 0.355 e. The molecule has 206 valence electrons. The Balaban J connectivity index is 1.42. The van der Waals surface area contributed by atoms with Crippen LogP contribution < -0.4 is 26.8 Å². The second kappa shape index (κ2) is 13.5. The van der Waals surface area contributed by atoms with Gasteiger partial charge in [0.15, 0.2) is 5.82 Å². The number of carbonyl (C=O) groups is 2. The van der Waals surface area contributed by atoms with Crippen LogP contribution in [-0.2, 0) is 9.59 Å². The molecule has 0 aliphatic rings. The number of fused-ring (bicyclic) bond motifs is 3. The van der Waals surface area contributed by atoms with Gasteiger partial charge in [0, 0.05) is 19.4 Å². The van der Waals surface area contributed by atoms with Crippen molar-refractivity contribution in [3.8, 4) is 11.4 Å². The van der Waals surface area contributed by atoms with Crippen LogP contribution in [0.2, 0.25) is 0 Å². The van der Waals surface area contributed by atoms with Crippen LogP contribution in [0.4, 0.5) is 5.82 Å². The topological polar surface area (TPSA) is 146 Å². The average Bonchev–Trinajstić information content (AvgIpc) is 3.31. The third-order valence-corrected chi connectivity index (χ3v) is 6.45. The van der Waals surface area contributed by atoms with Gasteiger partial charge in [-0.3, -0.25) is 9.59 Å². The van der Waals surface area contributed by atoms with Gasteiger partial charge in [-0.25, -0.2) is 14.2 Å². The van der Waals surface area contributed by atoms with Crippen molar-refractivity contribution in [3.63, 3.8) is 0 Å². The highest BCUT2D eigenvalue weighted by atomic mass is 16.5. The Hall–Kier alpha value is -4.25. The van der Waals surface area contributed by atoms with E-state index >= 15 is 0 Å². The summed E-state index contributed by atoms with van der Waals surface area (Å²) in [6.07, 6.45) is 6.48. The summed E-state index contributed by atoms with van der Waals surface area (Å²) in [5.41, 5.74) is 6.94. The maximum atomic E-state index is 13.4. The standard InChI is InChI=1S/C28H35N7O4/c1-39-21-14-12-20(13-15-21)35-28(38)34-23-11-7-6-10-22(23)31-26(27(34)33-35)32-25(37)17-16-24(36)30-19-9-5-3-2-4-8-18-29/h6-7,10-15H,2-5,8-9,16-19,29H2,1H3,(H,30,36)(H,31,32,37). The molecule has 0 aliphatic carbocycles. The van der Waals surface area contributed by atoms with E-state index in [0.717, 1.165) is 45.1 Å². The minimum Gasteiger partial charge on any atom is -0.497 e. The van der Waals surface area contributed by atoms with E-state index in [0.29, 0.717) is 29.0 Å². The SMILES string of the molecule is COc1ccc(-n2nc3c(NC(=O)CCC(=O)NCCCCCCCCN)nc4ccccc4n3c2=O)cc1. The van der Waals surface area contributed by atoms with Crippen LogP contribution in [0.1, 0.15) is 51.4 Å². The Morgan fingerprint density at radius 2 is 1.62 bits per heavy atom. The zero-order valence-electron chi connectivity index (χ0n) is 22.2. The molecule has 0 unspecified atom stereocenters.